The summed E-state index contributed by atoms with van der Waals surface area (Å²) in [6, 6.07) is 4.60. The zero-order valence-electron chi connectivity index (χ0n) is 14.9. The molecule has 0 radical (unpaired) electrons. The second-order valence-corrected chi connectivity index (χ2v) is 8.91. The van der Waals surface area contributed by atoms with E-state index in [1.807, 2.05) is 0 Å². The maximum absolute atomic E-state index is 13.0. The molecule has 0 spiro atoms. The summed E-state index contributed by atoms with van der Waals surface area (Å²) in [5.41, 5.74) is 0.329. The minimum atomic E-state index is -3.59. The first-order chi connectivity index (χ1) is 11.9. The van der Waals surface area contributed by atoms with Gasteiger partial charge in [-0.25, -0.2) is 8.42 Å². The molecule has 2 fully saturated rings. The molecule has 1 aromatic rings. The summed E-state index contributed by atoms with van der Waals surface area (Å²) < 4.78 is 32.8. The van der Waals surface area contributed by atoms with E-state index in [-0.39, 0.29) is 10.8 Å². The number of ether oxygens (including phenoxy) is 1. The Kier molecular flexibility index (Phi) is 5.34. The average Bonchev–Trinajstić information content (AvgIpc) is 3.15. The van der Waals surface area contributed by atoms with Gasteiger partial charge in [0.25, 0.3) is 5.91 Å². The Morgan fingerprint density at radius 1 is 1.16 bits per heavy atom. The molecule has 25 heavy (non-hydrogen) atoms. The molecule has 7 heteroatoms. The molecule has 1 amide bonds. The Labute approximate surface area is 149 Å². The summed E-state index contributed by atoms with van der Waals surface area (Å²) in [7, 11) is -2.10. The third-order valence-corrected chi connectivity index (χ3v) is 6.91. The first-order valence-corrected chi connectivity index (χ1v) is 10.3. The van der Waals surface area contributed by atoms with Crippen LogP contribution in [-0.2, 0) is 10.0 Å². The molecular weight excluding hydrogens is 340 g/mol. The van der Waals surface area contributed by atoms with Crippen molar-refractivity contribution < 1.29 is 17.9 Å². The number of carbonyl (C=O) groups is 1. The molecular formula is C18H26N2O4S. The number of likely N-dealkylation sites (tertiary alicyclic amines) is 1. The van der Waals surface area contributed by atoms with Crippen molar-refractivity contribution >= 4 is 15.9 Å². The fourth-order valence-electron chi connectivity index (χ4n) is 3.62. The van der Waals surface area contributed by atoms with E-state index in [1.54, 1.807) is 11.0 Å². The van der Waals surface area contributed by atoms with Crippen molar-refractivity contribution in [1.29, 1.82) is 0 Å². The Morgan fingerprint density at radius 3 is 2.52 bits per heavy atom. The standard InChI is InChI=1S/C18H26N2O4S/c1-14-6-5-11-20(13-14)25(22,23)15-7-8-17(24-2)16(12-15)18(21)19-9-3-4-10-19/h7-8,12,14H,3-6,9-11,13H2,1-2H3/t14-/m1/s1. The van der Waals surface area contributed by atoms with Crippen molar-refractivity contribution in [2.75, 3.05) is 33.3 Å². The number of hydrogen-bond acceptors (Lipinski definition) is 4. The van der Waals surface area contributed by atoms with E-state index in [1.165, 1.54) is 23.5 Å². The molecule has 2 aliphatic rings. The number of rotatable bonds is 4. The first kappa shape index (κ1) is 18.2. The summed E-state index contributed by atoms with van der Waals surface area (Å²) in [4.78, 5) is 14.7. The largest absolute Gasteiger partial charge is 0.496 e. The van der Waals surface area contributed by atoms with Gasteiger partial charge in [0.2, 0.25) is 10.0 Å². The average molecular weight is 366 g/mol. The SMILES string of the molecule is COc1ccc(S(=O)(=O)N2CCC[C@@H](C)C2)cc1C(=O)N1CCCC1. The molecule has 0 unspecified atom stereocenters. The van der Waals surface area contributed by atoms with E-state index in [9.17, 15) is 13.2 Å². The normalized spacial score (nSPS) is 22.2. The van der Waals surface area contributed by atoms with Crippen molar-refractivity contribution in [2.45, 2.75) is 37.5 Å². The van der Waals surface area contributed by atoms with Crippen molar-refractivity contribution in [3.8, 4) is 5.75 Å². The molecule has 1 atom stereocenters. The van der Waals surface area contributed by atoms with Gasteiger partial charge in [-0.1, -0.05) is 6.92 Å². The lowest BCUT2D eigenvalue weighted by Crippen LogP contribution is -2.39. The quantitative estimate of drug-likeness (QED) is 0.820. The summed E-state index contributed by atoms with van der Waals surface area (Å²) in [6.07, 6.45) is 3.89. The van der Waals surface area contributed by atoms with Crippen LogP contribution in [-0.4, -0.2) is 56.8 Å². The van der Waals surface area contributed by atoms with Crippen molar-refractivity contribution in [3.05, 3.63) is 23.8 Å². The smallest absolute Gasteiger partial charge is 0.257 e. The predicted molar refractivity (Wildman–Crippen MR) is 95.3 cm³/mol. The van der Waals surface area contributed by atoms with E-state index in [0.717, 1.165) is 25.7 Å². The summed E-state index contributed by atoms with van der Waals surface area (Å²) in [5.74, 6) is 0.619. The minimum absolute atomic E-state index is 0.154. The van der Waals surface area contributed by atoms with Crippen molar-refractivity contribution in [1.82, 2.24) is 9.21 Å². The molecule has 3 rings (SSSR count). The van der Waals surface area contributed by atoms with Gasteiger partial charge in [-0.3, -0.25) is 4.79 Å². The molecule has 0 aromatic heterocycles. The molecule has 6 nitrogen and oxygen atoms in total. The van der Waals surface area contributed by atoms with Crippen LogP contribution in [0.3, 0.4) is 0 Å². The van der Waals surface area contributed by atoms with E-state index in [2.05, 4.69) is 6.92 Å². The Balaban J connectivity index is 1.94. The highest BCUT2D eigenvalue weighted by Gasteiger charge is 2.31. The molecule has 138 valence electrons. The van der Waals surface area contributed by atoms with Crippen LogP contribution in [0, 0.1) is 5.92 Å². The van der Waals surface area contributed by atoms with Crippen LogP contribution in [0.5, 0.6) is 5.75 Å². The van der Waals surface area contributed by atoms with Crippen LogP contribution in [0.4, 0.5) is 0 Å². The zero-order chi connectivity index (χ0) is 18.0. The molecule has 0 N–H and O–H groups in total. The van der Waals surface area contributed by atoms with Gasteiger partial charge in [-0.05, 0) is 49.8 Å². The highest BCUT2D eigenvalue weighted by Crippen LogP contribution is 2.29. The highest BCUT2D eigenvalue weighted by molar-refractivity contribution is 7.89. The molecule has 2 aliphatic heterocycles. The summed E-state index contributed by atoms with van der Waals surface area (Å²) in [5, 5.41) is 0. The van der Waals surface area contributed by atoms with Crippen LogP contribution in [0.25, 0.3) is 0 Å². The monoisotopic (exact) mass is 366 g/mol. The van der Waals surface area contributed by atoms with Crippen molar-refractivity contribution in [2.24, 2.45) is 5.92 Å². The fourth-order valence-corrected chi connectivity index (χ4v) is 5.24. The molecule has 1 aromatic carbocycles. The Hall–Kier alpha value is -1.60. The number of methoxy groups -OCH3 is 1. The molecule has 0 aliphatic carbocycles. The van der Waals surface area contributed by atoms with Crippen LogP contribution < -0.4 is 4.74 Å². The van der Waals surface area contributed by atoms with Gasteiger partial charge in [0, 0.05) is 26.2 Å². The van der Waals surface area contributed by atoms with E-state index < -0.39 is 10.0 Å². The second kappa shape index (κ2) is 7.33. The highest BCUT2D eigenvalue weighted by atomic mass is 32.2. The van der Waals surface area contributed by atoms with Crippen LogP contribution >= 0.6 is 0 Å². The predicted octanol–water partition coefficient (Wildman–Crippen LogP) is 2.35. The number of carbonyl (C=O) groups excluding carboxylic acids is 1. The maximum Gasteiger partial charge on any atom is 0.257 e. The van der Waals surface area contributed by atoms with E-state index >= 15 is 0 Å². The fraction of sp³-hybridized carbons (Fsp3) is 0.611. The molecule has 0 saturated carbocycles. The molecule has 2 heterocycles. The molecule has 0 bridgehead atoms. The number of hydrogen-bond donors (Lipinski definition) is 0. The lowest BCUT2D eigenvalue weighted by molar-refractivity contribution is 0.0789. The Morgan fingerprint density at radius 2 is 1.88 bits per heavy atom. The second-order valence-electron chi connectivity index (χ2n) is 6.97. The maximum atomic E-state index is 13.0. The van der Waals surface area contributed by atoms with Gasteiger partial charge in [0.1, 0.15) is 5.75 Å². The van der Waals surface area contributed by atoms with Crippen LogP contribution in [0.1, 0.15) is 43.0 Å². The van der Waals surface area contributed by atoms with Gasteiger partial charge in [-0.2, -0.15) is 4.31 Å². The zero-order valence-corrected chi connectivity index (χ0v) is 15.7. The lowest BCUT2D eigenvalue weighted by atomic mass is 10.0. The number of nitrogens with zero attached hydrogens (tertiary/aromatic N) is 2. The van der Waals surface area contributed by atoms with E-state index in [0.29, 0.717) is 43.4 Å². The lowest BCUT2D eigenvalue weighted by Gasteiger charge is -2.30. The van der Waals surface area contributed by atoms with Crippen LogP contribution in [0.15, 0.2) is 23.1 Å². The van der Waals surface area contributed by atoms with Gasteiger partial charge < -0.3 is 9.64 Å². The van der Waals surface area contributed by atoms with Crippen LogP contribution in [0.2, 0.25) is 0 Å². The van der Waals surface area contributed by atoms with Gasteiger partial charge >= 0.3 is 0 Å². The van der Waals surface area contributed by atoms with Gasteiger partial charge in [0.05, 0.1) is 17.6 Å². The van der Waals surface area contributed by atoms with Crippen molar-refractivity contribution in [3.63, 3.8) is 0 Å². The third-order valence-electron chi connectivity index (χ3n) is 5.05. The van der Waals surface area contributed by atoms with Gasteiger partial charge in [-0.15, -0.1) is 0 Å². The molecule has 2 saturated heterocycles. The van der Waals surface area contributed by atoms with Gasteiger partial charge in [0.15, 0.2) is 0 Å². The van der Waals surface area contributed by atoms with E-state index in [4.69, 9.17) is 4.74 Å². The summed E-state index contributed by atoms with van der Waals surface area (Å²) >= 11 is 0. The number of amides is 1. The number of piperidine rings is 1. The first-order valence-electron chi connectivity index (χ1n) is 8.91. The summed E-state index contributed by atoms with van der Waals surface area (Å²) in [6.45, 7) is 4.56. The third kappa shape index (κ3) is 3.67. The number of benzene rings is 1. The minimum Gasteiger partial charge on any atom is -0.496 e. The Bertz CT molecular complexity index is 741. The topological polar surface area (TPSA) is 66.9 Å². The number of sulfonamides is 1.